The summed E-state index contributed by atoms with van der Waals surface area (Å²) in [6, 6.07) is 17.6. The Labute approximate surface area is 144 Å². The Morgan fingerprint density at radius 1 is 0.773 bits per heavy atom. The Hall–Kier alpha value is -1.79. The monoisotopic (exact) mass is 350 g/mol. The molecule has 0 radical (unpaired) electrons. The van der Waals surface area contributed by atoms with Crippen LogP contribution in [-0.2, 0) is 31.3 Å². The van der Waals surface area contributed by atoms with E-state index in [2.05, 4.69) is 20.0 Å². The zero-order valence-electron chi connectivity index (χ0n) is 11.2. The molecular formula is C16H10CrO4S. The Balaban J connectivity index is -0.000000463. The predicted molar refractivity (Wildman–Crippen MR) is 74.2 cm³/mol. The minimum atomic E-state index is 0. The summed E-state index contributed by atoms with van der Waals surface area (Å²) in [5, 5.41) is 0. The molecule has 0 bridgehead atoms. The minimum Gasteiger partial charge on any atom is 0 e. The van der Waals surface area contributed by atoms with Crippen LogP contribution in [0.15, 0.2) is 64.4 Å². The van der Waals surface area contributed by atoms with Crippen molar-refractivity contribution in [3.63, 3.8) is 0 Å². The van der Waals surface area contributed by atoms with Crippen molar-refractivity contribution in [1.82, 2.24) is 0 Å². The van der Waals surface area contributed by atoms with Crippen molar-refractivity contribution in [1.29, 1.82) is 0 Å². The number of rotatable bonds is 3. The van der Waals surface area contributed by atoms with Crippen LogP contribution in [0.5, 0.6) is 0 Å². The van der Waals surface area contributed by atoms with Crippen LogP contribution in [0.2, 0.25) is 0 Å². The molecule has 110 valence electrons. The first-order chi connectivity index (χ1) is 10.4. The average Bonchev–Trinajstić information content (AvgIpc) is 2.62. The van der Waals surface area contributed by atoms with Gasteiger partial charge in [-0.3, -0.25) is 4.79 Å². The van der Waals surface area contributed by atoms with Crippen LogP contribution in [0.3, 0.4) is 0 Å². The number of hydrogen-bond donors (Lipinski definition) is 0. The number of aldehydes is 1. The van der Waals surface area contributed by atoms with Gasteiger partial charge in [0.25, 0.3) is 0 Å². The third kappa shape index (κ3) is 10.0. The average molecular weight is 350 g/mol. The Kier molecular flexibility index (Phi) is 22.0. The molecule has 0 saturated heterocycles. The van der Waals surface area contributed by atoms with E-state index in [1.807, 2.05) is 54.6 Å². The van der Waals surface area contributed by atoms with E-state index in [0.29, 0.717) is 0 Å². The summed E-state index contributed by atoms with van der Waals surface area (Å²) in [7, 11) is 0. The van der Waals surface area contributed by atoms with Gasteiger partial charge in [-0.2, -0.15) is 0 Å². The van der Waals surface area contributed by atoms with Gasteiger partial charge in [0.2, 0.25) is 0 Å². The molecule has 0 saturated carbocycles. The van der Waals surface area contributed by atoms with Gasteiger partial charge in [0.15, 0.2) is 6.29 Å². The Bertz CT molecular complexity index is 565. The maximum atomic E-state index is 10.8. The molecule has 0 N–H and O–H groups in total. The van der Waals surface area contributed by atoms with Crippen molar-refractivity contribution >= 4 is 18.0 Å². The third-order valence-electron chi connectivity index (χ3n) is 2.02. The van der Waals surface area contributed by atoms with Gasteiger partial charge >= 0.3 is 33.9 Å². The number of carbonyl (C=O) groups is 1. The summed E-state index contributed by atoms with van der Waals surface area (Å²) in [6.45, 7) is 13.5. The van der Waals surface area contributed by atoms with Crippen molar-refractivity contribution in [2.45, 2.75) is 9.79 Å². The van der Waals surface area contributed by atoms with Crippen molar-refractivity contribution < 1.29 is 36.1 Å². The van der Waals surface area contributed by atoms with E-state index in [4.69, 9.17) is 14.0 Å². The summed E-state index contributed by atoms with van der Waals surface area (Å²) in [5.41, 5.74) is 0.742. The van der Waals surface area contributed by atoms with Gasteiger partial charge in [-0.25, -0.2) is 0 Å². The minimum absolute atomic E-state index is 0. The quantitative estimate of drug-likeness (QED) is 0.482. The van der Waals surface area contributed by atoms with Gasteiger partial charge in [0.1, 0.15) is 0 Å². The van der Waals surface area contributed by atoms with Crippen LogP contribution < -0.4 is 0 Å². The second-order valence-corrected chi connectivity index (χ2v) is 4.19. The van der Waals surface area contributed by atoms with E-state index in [1.54, 1.807) is 11.8 Å². The van der Waals surface area contributed by atoms with Crippen molar-refractivity contribution in [3.05, 3.63) is 80.1 Å². The van der Waals surface area contributed by atoms with Gasteiger partial charge < -0.3 is 0 Å². The molecular weight excluding hydrogens is 340 g/mol. The number of carbonyl (C=O) groups excluding carboxylic acids is 1. The largest absolute Gasteiger partial charge is 0 e. The van der Waals surface area contributed by atoms with Gasteiger partial charge in [-0.05, 0) is 18.2 Å². The molecule has 0 aliphatic rings. The zero-order valence-corrected chi connectivity index (χ0v) is 13.3. The molecule has 0 aliphatic heterocycles. The first-order valence-electron chi connectivity index (χ1n) is 5.28. The molecule has 0 heterocycles. The fourth-order valence-electron chi connectivity index (χ4n) is 1.29. The predicted octanol–water partition coefficient (Wildman–Crippen LogP) is 3.54. The number of benzene rings is 2. The van der Waals surface area contributed by atoms with E-state index in [1.165, 1.54) is 0 Å². The van der Waals surface area contributed by atoms with E-state index in [9.17, 15) is 4.79 Å². The molecule has 0 aromatic heterocycles. The van der Waals surface area contributed by atoms with Crippen molar-refractivity contribution in [3.8, 4) is 0 Å². The Morgan fingerprint density at radius 3 is 1.73 bits per heavy atom. The third-order valence-corrected chi connectivity index (χ3v) is 3.12. The fraction of sp³-hybridized carbons (Fsp3) is 0. The summed E-state index contributed by atoms with van der Waals surface area (Å²) < 4.78 is 22.5. The van der Waals surface area contributed by atoms with Crippen LogP contribution in [0.4, 0.5) is 0 Å². The molecule has 0 fully saturated rings. The maximum Gasteiger partial charge on any atom is 0 e. The van der Waals surface area contributed by atoms with Gasteiger partial charge in [0, 0.05) is 32.7 Å². The second-order valence-electron chi connectivity index (χ2n) is 3.07. The normalized spacial score (nSPS) is 7.00. The zero-order chi connectivity index (χ0) is 16.5. The molecule has 6 heteroatoms. The summed E-state index contributed by atoms with van der Waals surface area (Å²) in [4.78, 5) is 12.9. The first-order valence-corrected chi connectivity index (χ1v) is 6.10. The van der Waals surface area contributed by atoms with Crippen LogP contribution in [0.25, 0.3) is 0 Å². The molecule has 2 aromatic rings. The SMILES string of the molecule is O=Cc1ccccc1Sc1ccccc1.[C-]#[O+].[C-]#[O+].[C-]#[O+].[Cr]. The standard InChI is InChI=1S/C13H10OS.3CO.Cr/c14-10-11-6-4-5-9-13(11)15-12-7-2-1-3-8-12;3*1-2;/h1-10H;;;;. The molecule has 0 atom stereocenters. The molecule has 0 unspecified atom stereocenters. The van der Waals surface area contributed by atoms with Gasteiger partial charge in [-0.15, -0.1) is 0 Å². The molecule has 4 nitrogen and oxygen atoms in total. The fourth-order valence-corrected chi connectivity index (χ4v) is 2.21. The topological polar surface area (TPSA) is 76.8 Å². The van der Waals surface area contributed by atoms with Crippen LogP contribution in [-0.4, -0.2) is 6.29 Å². The van der Waals surface area contributed by atoms with Crippen LogP contribution >= 0.6 is 11.8 Å². The molecule has 2 rings (SSSR count). The summed E-state index contributed by atoms with van der Waals surface area (Å²) in [6.07, 6.45) is 0.894. The maximum absolute atomic E-state index is 10.8. The van der Waals surface area contributed by atoms with Crippen molar-refractivity contribution in [2.75, 3.05) is 0 Å². The van der Waals surface area contributed by atoms with E-state index < -0.39 is 0 Å². The first kappa shape index (κ1) is 25.2. The molecule has 22 heavy (non-hydrogen) atoms. The van der Waals surface area contributed by atoms with E-state index >= 15 is 0 Å². The van der Waals surface area contributed by atoms with E-state index in [0.717, 1.165) is 21.6 Å². The van der Waals surface area contributed by atoms with Crippen molar-refractivity contribution in [2.24, 2.45) is 0 Å². The summed E-state index contributed by atoms with van der Waals surface area (Å²) >= 11 is 1.61. The molecule has 2 aromatic carbocycles. The Morgan fingerprint density at radius 2 is 1.23 bits per heavy atom. The van der Waals surface area contributed by atoms with E-state index in [-0.39, 0.29) is 17.4 Å². The van der Waals surface area contributed by atoms with Crippen LogP contribution in [0.1, 0.15) is 10.4 Å². The molecule has 0 aliphatic carbocycles. The van der Waals surface area contributed by atoms with Gasteiger partial charge in [-0.1, -0.05) is 48.2 Å². The smallest absolute Gasteiger partial charge is 0 e. The second kappa shape index (κ2) is 19.2. The van der Waals surface area contributed by atoms with Gasteiger partial charge in [0.05, 0.1) is 0 Å². The number of hydrogen-bond acceptors (Lipinski definition) is 2. The molecule has 0 amide bonds. The molecule has 0 spiro atoms. The van der Waals surface area contributed by atoms with Crippen LogP contribution in [0, 0.1) is 20.0 Å². The summed E-state index contributed by atoms with van der Waals surface area (Å²) in [5.74, 6) is 0.